The van der Waals surface area contributed by atoms with Crippen molar-refractivity contribution in [3.63, 3.8) is 0 Å². The third-order valence-corrected chi connectivity index (χ3v) is 2.59. The minimum atomic E-state index is -0.130. The van der Waals surface area contributed by atoms with Crippen LogP contribution in [-0.4, -0.2) is 31.5 Å². The SMILES string of the molecule is CCCCNC(=NCC(=O)NCc1ccco1)NCC. The molecule has 0 aromatic carbocycles. The topological polar surface area (TPSA) is 78.7 Å². The highest BCUT2D eigenvalue weighted by molar-refractivity contribution is 5.84. The maximum atomic E-state index is 11.7. The van der Waals surface area contributed by atoms with Crippen LogP contribution in [-0.2, 0) is 11.3 Å². The van der Waals surface area contributed by atoms with Gasteiger partial charge in [-0.05, 0) is 25.5 Å². The molecule has 0 aliphatic carbocycles. The maximum absolute atomic E-state index is 11.7. The Kier molecular flexibility index (Phi) is 7.95. The molecule has 0 bridgehead atoms. The number of amides is 1. The van der Waals surface area contributed by atoms with Crippen LogP contribution in [0, 0.1) is 0 Å². The molecular weight excluding hydrogens is 256 g/mol. The van der Waals surface area contributed by atoms with Crippen molar-refractivity contribution in [2.45, 2.75) is 33.2 Å². The second kappa shape index (κ2) is 9.89. The summed E-state index contributed by atoms with van der Waals surface area (Å²) in [5.41, 5.74) is 0. The van der Waals surface area contributed by atoms with E-state index in [1.807, 2.05) is 13.0 Å². The number of aliphatic imine (C=N–C) groups is 1. The number of rotatable bonds is 8. The minimum Gasteiger partial charge on any atom is -0.467 e. The quantitative estimate of drug-likeness (QED) is 0.380. The summed E-state index contributed by atoms with van der Waals surface area (Å²) in [4.78, 5) is 15.9. The van der Waals surface area contributed by atoms with E-state index in [4.69, 9.17) is 4.42 Å². The molecule has 0 aliphatic rings. The summed E-state index contributed by atoms with van der Waals surface area (Å²) in [5.74, 6) is 1.28. The standard InChI is InChI=1S/C14H24N4O2/c1-3-5-8-16-14(15-4-2)18-11-13(19)17-10-12-7-6-9-20-12/h6-7,9H,3-5,8,10-11H2,1-2H3,(H,17,19)(H2,15,16,18). The summed E-state index contributed by atoms with van der Waals surface area (Å²) in [6.07, 6.45) is 3.78. The first-order chi connectivity index (χ1) is 9.76. The molecule has 0 atom stereocenters. The molecule has 0 saturated heterocycles. The Labute approximate surface area is 120 Å². The third-order valence-electron chi connectivity index (χ3n) is 2.59. The van der Waals surface area contributed by atoms with Gasteiger partial charge in [0.2, 0.25) is 5.91 Å². The van der Waals surface area contributed by atoms with E-state index in [9.17, 15) is 4.79 Å². The van der Waals surface area contributed by atoms with Crippen molar-refractivity contribution < 1.29 is 9.21 Å². The average Bonchev–Trinajstić information content (AvgIpc) is 2.96. The van der Waals surface area contributed by atoms with Crippen LogP contribution in [0.1, 0.15) is 32.4 Å². The molecule has 0 radical (unpaired) electrons. The van der Waals surface area contributed by atoms with E-state index in [0.29, 0.717) is 12.5 Å². The Morgan fingerprint density at radius 3 is 2.80 bits per heavy atom. The second-order valence-electron chi connectivity index (χ2n) is 4.33. The van der Waals surface area contributed by atoms with Crippen molar-refractivity contribution in [3.8, 4) is 0 Å². The lowest BCUT2D eigenvalue weighted by Crippen LogP contribution is -2.38. The number of carbonyl (C=O) groups is 1. The summed E-state index contributed by atoms with van der Waals surface area (Å²) in [5, 5.41) is 9.05. The van der Waals surface area contributed by atoms with E-state index >= 15 is 0 Å². The summed E-state index contributed by atoms with van der Waals surface area (Å²) in [7, 11) is 0. The van der Waals surface area contributed by atoms with Crippen LogP contribution in [0.5, 0.6) is 0 Å². The highest BCUT2D eigenvalue weighted by atomic mass is 16.3. The number of nitrogens with zero attached hydrogens (tertiary/aromatic N) is 1. The predicted molar refractivity (Wildman–Crippen MR) is 79.4 cm³/mol. The van der Waals surface area contributed by atoms with Crippen LogP contribution in [0.3, 0.4) is 0 Å². The van der Waals surface area contributed by atoms with E-state index in [2.05, 4.69) is 27.9 Å². The molecule has 1 aromatic rings. The van der Waals surface area contributed by atoms with Gasteiger partial charge in [-0.2, -0.15) is 0 Å². The van der Waals surface area contributed by atoms with Crippen molar-refractivity contribution in [3.05, 3.63) is 24.2 Å². The lowest BCUT2D eigenvalue weighted by Gasteiger charge is -2.10. The lowest BCUT2D eigenvalue weighted by molar-refractivity contribution is -0.119. The van der Waals surface area contributed by atoms with Crippen molar-refractivity contribution in [1.82, 2.24) is 16.0 Å². The van der Waals surface area contributed by atoms with Crippen LogP contribution in [0.25, 0.3) is 0 Å². The van der Waals surface area contributed by atoms with Gasteiger partial charge in [-0.25, -0.2) is 4.99 Å². The van der Waals surface area contributed by atoms with Gasteiger partial charge in [0.05, 0.1) is 12.8 Å². The Hall–Kier alpha value is -1.98. The Morgan fingerprint density at radius 2 is 2.15 bits per heavy atom. The molecule has 20 heavy (non-hydrogen) atoms. The predicted octanol–water partition coefficient (Wildman–Crippen LogP) is 1.25. The number of guanidine groups is 1. The van der Waals surface area contributed by atoms with Gasteiger partial charge in [-0.3, -0.25) is 4.79 Å². The smallest absolute Gasteiger partial charge is 0.242 e. The van der Waals surface area contributed by atoms with Crippen LogP contribution in [0.2, 0.25) is 0 Å². The fourth-order valence-electron chi connectivity index (χ4n) is 1.53. The Morgan fingerprint density at radius 1 is 1.30 bits per heavy atom. The van der Waals surface area contributed by atoms with Crippen LogP contribution in [0.4, 0.5) is 0 Å². The van der Waals surface area contributed by atoms with Crippen LogP contribution in [0.15, 0.2) is 27.8 Å². The molecule has 0 fully saturated rings. The zero-order valence-electron chi connectivity index (χ0n) is 12.2. The summed E-state index contributed by atoms with van der Waals surface area (Å²) >= 11 is 0. The molecular formula is C14H24N4O2. The number of hydrogen-bond donors (Lipinski definition) is 3. The molecule has 1 amide bonds. The largest absolute Gasteiger partial charge is 0.467 e. The van der Waals surface area contributed by atoms with Crippen molar-refractivity contribution >= 4 is 11.9 Å². The van der Waals surface area contributed by atoms with Gasteiger partial charge < -0.3 is 20.4 Å². The molecule has 1 heterocycles. The van der Waals surface area contributed by atoms with Crippen LogP contribution < -0.4 is 16.0 Å². The van der Waals surface area contributed by atoms with E-state index < -0.39 is 0 Å². The van der Waals surface area contributed by atoms with Gasteiger partial charge in [-0.15, -0.1) is 0 Å². The zero-order valence-corrected chi connectivity index (χ0v) is 12.2. The highest BCUT2D eigenvalue weighted by Gasteiger charge is 2.03. The zero-order chi connectivity index (χ0) is 14.6. The normalized spacial score (nSPS) is 11.2. The molecule has 0 saturated carbocycles. The molecule has 1 aromatic heterocycles. The van der Waals surface area contributed by atoms with Gasteiger partial charge in [0.15, 0.2) is 5.96 Å². The first-order valence-electron chi connectivity index (χ1n) is 7.07. The molecule has 6 heteroatoms. The van der Waals surface area contributed by atoms with Gasteiger partial charge >= 0.3 is 0 Å². The number of unbranched alkanes of at least 4 members (excludes halogenated alkanes) is 1. The second-order valence-corrected chi connectivity index (χ2v) is 4.33. The summed E-state index contributed by atoms with van der Waals surface area (Å²) < 4.78 is 5.14. The summed E-state index contributed by atoms with van der Waals surface area (Å²) in [6, 6.07) is 3.61. The first kappa shape index (κ1) is 16.1. The number of carbonyl (C=O) groups excluding carboxylic acids is 1. The van der Waals surface area contributed by atoms with Crippen molar-refractivity contribution in [2.24, 2.45) is 4.99 Å². The van der Waals surface area contributed by atoms with E-state index in [0.717, 1.165) is 31.7 Å². The van der Waals surface area contributed by atoms with Gasteiger partial charge in [0, 0.05) is 13.1 Å². The van der Waals surface area contributed by atoms with E-state index in [-0.39, 0.29) is 12.5 Å². The minimum absolute atomic E-state index is 0.0994. The number of furan rings is 1. The molecule has 0 unspecified atom stereocenters. The molecule has 1 rings (SSSR count). The molecule has 6 nitrogen and oxygen atoms in total. The third kappa shape index (κ3) is 6.82. The monoisotopic (exact) mass is 280 g/mol. The van der Waals surface area contributed by atoms with Gasteiger partial charge in [0.25, 0.3) is 0 Å². The van der Waals surface area contributed by atoms with Gasteiger partial charge in [-0.1, -0.05) is 13.3 Å². The van der Waals surface area contributed by atoms with E-state index in [1.165, 1.54) is 0 Å². The molecule has 112 valence electrons. The molecule has 3 N–H and O–H groups in total. The molecule has 0 aliphatic heterocycles. The summed E-state index contributed by atoms with van der Waals surface area (Å²) in [6.45, 7) is 6.24. The van der Waals surface area contributed by atoms with Crippen LogP contribution >= 0.6 is 0 Å². The van der Waals surface area contributed by atoms with E-state index in [1.54, 1.807) is 12.3 Å². The lowest BCUT2D eigenvalue weighted by atomic mass is 10.3. The first-order valence-corrected chi connectivity index (χ1v) is 7.07. The number of hydrogen-bond acceptors (Lipinski definition) is 3. The average molecular weight is 280 g/mol. The van der Waals surface area contributed by atoms with Gasteiger partial charge in [0.1, 0.15) is 12.3 Å². The van der Waals surface area contributed by atoms with Crippen molar-refractivity contribution in [1.29, 1.82) is 0 Å². The Balaban J connectivity index is 2.31. The fourth-order valence-corrected chi connectivity index (χ4v) is 1.53. The fraction of sp³-hybridized carbons (Fsp3) is 0.571. The highest BCUT2D eigenvalue weighted by Crippen LogP contribution is 1.98. The maximum Gasteiger partial charge on any atom is 0.242 e. The van der Waals surface area contributed by atoms with Crippen molar-refractivity contribution in [2.75, 3.05) is 19.6 Å². The number of nitrogens with one attached hydrogen (secondary N) is 3. The Bertz CT molecular complexity index is 401. The molecule has 0 spiro atoms.